The van der Waals surface area contributed by atoms with Crippen LogP contribution in [0.4, 0.5) is 0 Å². The first-order chi connectivity index (χ1) is 11.0. The van der Waals surface area contributed by atoms with E-state index in [1.807, 2.05) is 0 Å². The van der Waals surface area contributed by atoms with Crippen molar-refractivity contribution in [2.24, 2.45) is 5.92 Å². The van der Waals surface area contributed by atoms with Gasteiger partial charge in [0.25, 0.3) is 0 Å². The van der Waals surface area contributed by atoms with E-state index >= 15 is 0 Å². The summed E-state index contributed by atoms with van der Waals surface area (Å²) in [5.74, 6) is 0.644. The number of ether oxygens (including phenoxy) is 1. The van der Waals surface area contributed by atoms with E-state index in [0.29, 0.717) is 18.1 Å². The first kappa shape index (κ1) is 16.9. The number of phenols is 2. The lowest BCUT2D eigenvalue weighted by Gasteiger charge is -2.42. The van der Waals surface area contributed by atoms with Gasteiger partial charge in [0.05, 0.1) is 6.10 Å². The highest BCUT2D eigenvalue weighted by atomic mass is 32.1. The van der Waals surface area contributed by atoms with Crippen LogP contribution in [0.5, 0.6) is 11.5 Å². The van der Waals surface area contributed by atoms with Crippen molar-refractivity contribution in [2.45, 2.75) is 50.9 Å². The number of thiol groups is 1. The van der Waals surface area contributed by atoms with Crippen molar-refractivity contribution in [1.29, 1.82) is 0 Å². The lowest BCUT2D eigenvalue weighted by molar-refractivity contribution is 0.112. The molecular weight excluding hydrogens is 310 g/mol. The fraction of sp³-hybridized carbons (Fsp3) is 0.667. The van der Waals surface area contributed by atoms with Crippen molar-refractivity contribution in [3.8, 4) is 11.5 Å². The van der Waals surface area contributed by atoms with Gasteiger partial charge in [-0.15, -0.1) is 0 Å². The summed E-state index contributed by atoms with van der Waals surface area (Å²) >= 11 is 3.53. The number of rotatable bonds is 2. The lowest BCUT2D eigenvalue weighted by atomic mass is 9.81. The van der Waals surface area contributed by atoms with Crippen molar-refractivity contribution < 1.29 is 14.9 Å². The zero-order valence-electron chi connectivity index (χ0n) is 14.1. The van der Waals surface area contributed by atoms with Crippen LogP contribution in [-0.4, -0.2) is 46.2 Å². The first-order valence-corrected chi connectivity index (χ1v) is 9.29. The Bertz CT molecular complexity index is 592. The van der Waals surface area contributed by atoms with Gasteiger partial charge in [-0.25, -0.2) is 0 Å². The minimum atomic E-state index is -0.00803. The molecule has 0 aliphatic carbocycles. The monoisotopic (exact) mass is 337 g/mol. The van der Waals surface area contributed by atoms with Gasteiger partial charge in [0.15, 0.2) is 11.5 Å². The van der Waals surface area contributed by atoms with Gasteiger partial charge in [0.2, 0.25) is 0 Å². The molecule has 0 aromatic heterocycles. The maximum Gasteiger partial charge on any atom is 0.157 e. The minimum Gasteiger partial charge on any atom is -0.504 e. The van der Waals surface area contributed by atoms with Crippen LogP contribution < -0.4 is 0 Å². The van der Waals surface area contributed by atoms with Gasteiger partial charge >= 0.3 is 0 Å². The van der Waals surface area contributed by atoms with Gasteiger partial charge in [0.1, 0.15) is 5.60 Å². The smallest absolute Gasteiger partial charge is 0.157 e. The Hall–Kier alpha value is -0.910. The molecule has 1 aromatic rings. The fourth-order valence-corrected chi connectivity index (χ4v) is 4.38. The fourth-order valence-electron chi connectivity index (χ4n) is 4.38. The molecule has 23 heavy (non-hydrogen) atoms. The van der Waals surface area contributed by atoms with Crippen LogP contribution in [0.3, 0.4) is 0 Å². The number of epoxide rings is 1. The highest BCUT2D eigenvalue weighted by Gasteiger charge is 2.61. The molecule has 5 heteroatoms. The van der Waals surface area contributed by atoms with Gasteiger partial charge < -0.3 is 14.9 Å². The molecule has 3 atom stereocenters. The lowest BCUT2D eigenvalue weighted by Crippen LogP contribution is -2.47. The second-order valence-corrected chi connectivity index (χ2v) is 7.28. The molecule has 2 fully saturated rings. The van der Waals surface area contributed by atoms with Crippen LogP contribution in [0.15, 0.2) is 12.1 Å². The van der Waals surface area contributed by atoms with Crippen LogP contribution in [0.1, 0.15) is 43.9 Å². The number of phenolic OH excluding ortho intramolecular Hbond substituents is 2. The van der Waals surface area contributed by atoms with Gasteiger partial charge in [-0.05, 0) is 54.7 Å². The summed E-state index contributed by atoms with van der Waals surface area (Å²) < 4.78 is 6.08. The molecule has 2 N–H and O–H groups in total. The number of fused-ring (bicyclic) bond motifs is 4. The van der Waals surface area contributed by atoms with E-state index < -0.39 is 0 Å². The van der Waals surface area contributed by atoms with Gasteiger partial charge in [-0.1, -0.05) is 13.8 Å². The van der Waals surface area contributed by atoms with Crippen molar-refractivity contribution in [3.05, 3.63) is 23.3 Å². The van der Waals surface area contributed by atoms with Crippen molar-refractivity contribution in [2.75, 3.05) is 19.3 Å². The highest BCUT2D eigenvalue weighted by molar-refractivity contribution is 7.79. The van der Waals surface area contributed by atoms with Gasteiger partial charge in [0, 0.05) is 19.1 Å². The van der Waals surface area contributed by atoms with E-state index in [0.717, 1.165) is 32.4 Å². The molecule has 4 nitrogen and oxygen atoms in total. The average molecular weight is 337 g/mol. The Kier molecular flexibility index (Phi) is 4.55. The number of aromatic hydroxyl groups is 2. The predicted octanol–water partition coefficient (Wildman–Crippen LogP) is 3.13. The third kappa shape index (κ3) is 2.94. The molecule has 3 unspecified atom stereocenters. The molecule has 0 bridgehead atoms. The summed E-state index contributed by atoms with van der Waals surface area (Å²) in [6.45, 7) is 6.52. The molecule has 2 saturated heterocycles. The molecular formula is C18H27NO3S. The van der Waals surface area contributed by atoms with Crippen LogP contribution in [0, 0.1) is 5.92 Å². The minimum absolute atomic E-state index is 0.00478. The van der Waals surface area contributed by atoms with E-state index in [2.05, 4.69) is 31.4 Å². The molecule has 128 valence electrons. The van der Waals surface area contributed by atoms with Crippen LogP contribution in [-0.2, 0) is 11.2 Å². The van der Waals surface area contributed by atoms with Crippen LogP contribution in [0.2, 0.25) is 0 Å². The number of hydrogen-bond acceptors (Lipinski definition) is 5. The third-order valence-electron chi connectivity index (χ3n) is 5.27. The molecule has 0 saturated carbocycles. The Morgan fingerprint density at radius 3 is 2.70 bits per heavy atom. The van der Waals surface area contributed by atoms with Crippen molar-refractivity contribution in [3.63, 3.8) is 0 Å². The van der Waals surface area contributed by atoms with Crippen molar-refractivity contribution >= 4 is 12.6 Å². The second kappa shape index (κ2) is 6.19. The van der Waals surface area contributed by atoms with Gasteiger partial charge in [-0.2, -0.15) is 12.6 Å². The molecule has 3 aliphatic heterocycles. The molecule has 3 aliphatic rings. The summed E-state index contributed by atoms with van der Waals surface area (Å²) in [5, 5.41) is 19.5. The number of nitrogens with zero attached hydrogens (tertiary/aromatic N) is 1. The normalized spacial score (nSPS) is 31.5. The molecule has 1 aromatic carbocycles. The number of hydrogen-bond donors (Lipinski definition) is 3. The quantitative estimate of drug-likeness (QED) is 0.441. The molecule has 3 heterocycles. The summed E-state index contributed by atoms with van der Waals surface area (Å²) in [6, 6.07) is 3.80. The zero-order chi connectivity index (χ0) is 16.8. The van der Waals surface area contributed by atoms with E-state index in [1.54, 1.807) is 18.4 Å². The Balaban J connectivity index is 0.000000753. The predicted molar refractivity (Wildman–Crippen MR) is 94.4 cm³/mol. The van der Waals surface area contributed by atoms with E-state index in [4.69, 9.17) is 4.74 Å². The van der Waals surface area contributed by atoms with Gasteiger partial charge in [-0.3, -0.25) is 4.90 Å². The largest absolute Gasteiger partial charge is 0.504 e. The standard InChI is InChI=1S/C17H23NO3.CH4S/c1-10(2)8-17-9-18-4-3-11-5-14(19)15(20)6-12(11)13(18)7-16(17)21-17;1-2/h5-6,10,13,16,19-20H,3-4,7-9H2,1-2H3;2H,1H3. The highest BCUT2D eigenvalue weighted by Crippen LogP contribution is 2.54. The maximum atomic E-state index is 9.81. The summed E-state index contributed by atoms with van der Waals surface area (Å²) in [7, 11) is 0. The summed E-state index contributed by atoms with van der Waals surface area (Å²) in [4.78, 5) is 2.50. The maximum absolute atomic E-state index is 9.81. The topological polar surface area (TPSA) is 56.2 Å². The number of piperidine rings is 1. The summed E-state index contributed by atoms with van der Waals surface area (Å²) in [5.41, 5.74) is 2.43. The van der Waals surface area contributed by atoms with E-state index in [1.165, 1.54) is 11.1 Å². The molecule has 0 spiro atoms. The molecule has 0 radical (unpaired) electrons. The first-order valence-electron chi connectivity index (χ1n) is 8.40. The Labute approximate surface area is 143 Å². The average Bonchev–Trinajstić information content (AvgIpc) is 3.20. The third-order valence-corrected chi connectivity index (χ3v) is 5.27. The zero-order valence-corrected chi connectivity index (χ0v) is 15.0. The number of benzene rings is 1. The van der Waals surface area contributed by atoms with Crippen LogP contribution in [0.25, 0.3) is 0 Å². The SMILES string of the molecule is CC(C)CC12CN3CCc4cc(O)c(O)cc4C3CC1O2.CS. The molecule has 4 rings (SSSR count). The molecule has 0 amide bonds. The summed E-state index contributed by atoms with van der Waals surface area (Å²) in [6.07, 6.45) is 5.13. The van der Waals surface area contributed by atoms with E-state index in [9.17, 15) is 10.2 Å². The van der Waals surface area contributed by atoms with E-state index in [-0.39, 0.29) is 17.1 Å². The van der Waals surface area contributed by atoms with Crippen LogP contribution >= 0.6 is 12.6 Å². The van der Waals surface area contributed by atoms with Crippen molar-refractivity contribution in [1.82, 2.24) is 4.90 Å². The Morgan fingerprint density at radius 1 is 1.30 bits per heavy atom. The second-order valence-electron chi connectivity index (χ2n) is 7.28. The Morgan fingerprint density at radius 2 is 2.00 bits per heavy atom.